The maximum Gasteiger partial charge on any atom is 0.412 e. The topological polar surface area (TPSA) is 257 Å². The highest BCUT2D eigenvalue weighted by molar-refractivity contribution is 5.95. The van der Waals surface area contributed by atoms with Gasteiger partial charge in [-0.25, -0.2) is 14.4 Å². The summed E-state index contributed by atoms with van der Waals surface area (Å²) in [6.07, 6.45) is -2.51. The van der Waals surface area contributed by atoms with Gasteiger partial charge in [-0.3, -0.25) is 35.1 Å². The van der Waals surface area contributed by atoms with Gasteiger partial charge >= 0.3 is 18.3 Å². The summed E-state index contributed by atoms with van der Waals surface area (Å²) in [7, 11) is 0. The molecule has 0 saturated carbocycles. The zero-order valence-electron chi connectivity index (χ0n) is 37.5. The van der Waals surface area contributed by atoms with E-state index in [4.69, 9.17) is 19.9 Å². The smallest absolute Gasteiger partial charge is 0.412 e. The maximum atomic E-state index is 13.5. The van der Waals surface area contributed by atoms with Crippen LogP contribution in [0.5, 0.6) is 0 Å². The monoisotopic (exact) mass is 874 g/mol. The standard InChI is InChI=1S/C45H62N8O10/c1-42(2,3)61-39(58)50-32-16-10-13-29(25-32)47-35(54)19-22-45(53-38(57)28-46,23-20-36(55)48-30-14-11-17-33(26-30)51-40(59)62-43(4,5)6)24-21-37(56)49-31-15-12-18-34(27-31)52-41(60)63-44(7,8)9/h10-18,25-27H,19-24,28,46H2,1-9H3,(H,47,54)(H,48,55)(H,49,56)(H,50,58)(H,51,59)(H,52,60)(H,53,57). The average molecular weight is 875 g/mol. The summed E-state index contributed by atoms with van der Waals surface area (Å²) < 4.78 is 15.9. The van der Waals surface area contributed by atoms with Crippen LogP contribution in [0, 0.1) is 0 Å². The van der Waals surface area contributed by atoms with Gasteiger partial charge in [0.2, 0.25) is 23.6 Å². The molecule has 0 heterocycles. The zero-order chi connectivity index (χ0) is 47.0. The van der Waals surface area contributed by atoms with Crippen molar-refractivity contribution in [1.29, 1.82) is 0 Å². The van der Waals surface area contributed by atoms with Crippen molar-refractivity contribution in [3.05, 3.63) is 72.8 Å². The first-order chi connectivity index (χ1) is 29.3. The Bertz CT molecular complexity index is 1880. The fraction of sp³-hybridized carbons (Fsp3) is 0.444. The molecule has 0 unspecified atom stereocenters. The van der Waals surface area contributed by atoms with Crippen LogP contribution in [0.2, 0.25) is 0 Å². The van der Waals surface area contributed by atoms with E-state index in [1.54, 1.807) is 135 Å². The number of nitrogens with one attached hydrogen (secondary N) is 7. The zero-order valence-corrected chi connectivity index (χ0v) is 37.5. The van der Waals surface area contributed by atoms with E-state index in [-0.39, 0.29) is 38.5 Å². The second-order valence-corrected chi connectivity index (χ2v) is 17.8. The van der Waals surface area contributed by atoms with Gasteiger partial charge in [0.05, 0.1) is 6.54 Å². The predicted molar refractivity (Wildman–Crippen MR) is 242 cm³/mol. The van der Waals surface area contributed by atoms with E-state index < -0.39 is 70.8 Å². The minimum atomic E-state index is -1.29. The molecule has 0 aliphatic heterocycles. The van der Waals surface area contributed by atoms with Crippen molar-refractivity contribution in [3.8, 4) is 0 Å². The summed E-state index contributed by atoms with van der Waals surface area (Å²) in [6, 6.07) is 19.3. The van der Waals surface area contributed by atoms with Gasteiger partial charge in [0.25, 0.3) is 0 Å². The Kier molecular flexibility index (Phi) is 18.0. The van der Waals surface area contributed by atoms with Crippen LogP contribution < -0.4 is 43.0 Å². The molecule has 0 aliphatic rings. The quantitative estimate of drug-likeness (QED) is 0.0601. The molecular weight excluding hydrogens is 813 g/mol. The second kappa shape index (κ2) is 22.4. The highest BCUT2D eigenvalue weighted by Gasteiger charge is 2.34. The molecular formula is C45H62N8O10. The molecule has 0 bridgehead atoms. The first kappa shape index (κ1) is 50.7. The van der Waals surface area contributed by atoms with Gasteiger partial charge in [-0.1, -0.05) is 18.2 Å². The fourth-order valence-corrected chi connectivity index (χ4v) is 5.93. The van der Waals surface area contributed by atoms with Gasteiger partial charge in [-0.2, -0.15) is 0 Å². The highest BCUT2D eigenvalue weighted by atomic mass is 16.6. The van der Waals surface area contributed by atoms with Crippen molar-refractivity contribution in [2.75, 3.05) is 38.4 Å². The molecule has 7 amide bonds. The van der Waals surface area contributed by atoms with Crippen molar-refractivity contribution < 1.29 is 47.8 Å². The van der Waals surface area contributed by atoms with Crippen LogP contribution in [-0.4, -0.2) is 70.8 Å². The third kappa shape index (κ3) is 20.6. The van der Waals surface area contributed by atoms with E-state index in [1.165, 1.54) is 0 Å². The number of carbonyl (C=O) groups excluding carboxylic acids is 7. The second-order valence-electron chi connectivity index (χ2n) is 17.8. The lowest BCUT2D eigenvalue weighted by Gasteiger charge is -2.35. The van der Waals surface area contributed by atoms with E-state index in [0.29, 0.717) is 34.1 Å². The normalized spacial score (nSPS) is 11.6. The number of nitrogens with two attached hydrogens (primary N) is 1. The highest BCUT2D eigenvalue weighted by Crippen LogP contribution is 2.28. The molecule has 3 aromatic rings. The van der Waals surface area contributed by atoms with Crippen molar-refractivity contribution >= 4 is 76.0 Å². The molecule has 342 valence electrons. The van der Waals surface area contributed by atoms with Crippen LogP contribution in [0.3, 0.4) is 0 Å². The number of rotatable bonds is 17. The van der Waals surface area contributed by atoms with Crippen LogP contribution >= 0.6 is 0 Å². The van der Waals surface area contributed by atoms with Crippen molar-refractivity contribution in [2.24, 2.45) is 5.73 Å². The van der Waals surface area contributed by atoms with E-state index in [1.807, 2.05) is 0 Å². The fourth-order valence-electron chi connectivity index (χ4n) is 5.93. The molecule has 9 N–H and O–H groups in total. The number of hydrogen-bond acceptors (Lipinski definition) is 11. The minimum absolute atomic E-state index is 0.00836. The first-order valence-corrected chi connectivity index (χ1v) is 20.5. The van der Waals surface area contributed by atoms with Crippen molar-refractivity contribution in [2.45, 2.75) is 123 Å². The number of ether oxygens (including phenoxy) is 3. The van der Waals surface area contributed by atoms with Gasteiger partial charge in [-0.15, -0.1) is 0 Å². The Morgan fingerprint density at radius 2 is 0.683 bits per heavy atom. The summed E-state index contributed by atoms with van der Waals surface area (Å²) in [5, 5.41) is 19.2. The predicted octanol–water partition coefficient (Wildman–Crippen LogP) is 8.10. The molecule has 0 radical (unpaired) electrons. The number of benzene rings is 3. The van der Waals surface area contributed by atoms with Gasteiger partial charge < -0.3 is 41.2 Å². The van der Waals surface area contributed by atoms with E-state index in [0.717, 1.165) is 0 Å². The number of carbonyl (C=O) groups is 7. The molecule has 0 aliphatic carbocycles. The summed E-state index contributed by atoms with van der Waals surface area (Å²) in [5.74, 6) is -1.92. The molecule has 0 atom stereocenters. The summed E-state index contributed by atoms with van der Waals surface area (Å²) >= 11 is 0. The van der Waals surface area contributed by atoms with E-state index in [9.17, 15) is 33.6 Å². The Morgan fingerprint density at radius 3 is 0.921 bits per heavy atom. The Morgan fingerprint density at radius 1 is 0.429 bits per heavy atom. The first-order valence-electron chi connectivity index (χ1n) is 20.5. The van der Waals surface area contributed by atoms with Crippen LogP contribution in [-0.2, 0) is 33.4 Å². The van der Waals surface area contributed by atoms with Crippen molar-refractivity contribution in [1.82, 2.24) is 5.32 Å². The van der Waals surface area contributed by atoms with Crippen molar-refractivity contribution in [3.63, 3.8) is 0 Å². The lowest BCUT2D eigenvalue weighted by molar-refractivity contribution is -0.124. The van der Waals surface area contributed by atoms with Crippen LogP contribution in [0.4, 0.5) is 48.5 Å². The maximum absolute atomic E-state index is 13.5. The molecule has 3 aromatic carbocycles. The Labute approximate surface area is 368 Å². The molecule has 18 nitrogen and oxygen atoms in total. The summed E-state index contributed by atoms with van der Waals surface area (Å²) in [5.41, 5.74) is 4.52. The Hall–Kier alpha value is -6.69. The van der Waals surface area contributed by atoms with E-state index in [2.05, 4.69) is 37.2 Å². The van der Waals surface area contributed by atoms with Crippen LogP contribution in [0.25, 0.3) is 0 Å². The minimum Gasteiger partial charge on any atom is -0.444 e. The van der Waals surface area contributed by atoms with E-state index >= 15 is 0 Å². The van der Waals surface area contributed by atoms with Gasteiger partial charge in [-0.05, 0) is 136 Å². The third-order valence-electron chi connectivity index (χ3n) is 8.46. The van der Waals surface area contributed by atoms with Gasteiger partial charge in [0, 0.05) is 58.9 Å². The SMILES string of the molecule is CC(C)(C)OC(=O)Nc1cccc(NC(=O)CCC(CCC(=O)Nc2cccc(NC(=O)OC(C)(C)C)c2)(CCC(=O)Nc2cccc(NC(=O)OC(C)(C)C)c2)NC(=O)CN)c1. The lowest BCUT2D eigenvalue weighted by Crippen LogP contribution is -2.51. The number of anilines is 6. The van der Waals surface area contributed by atoms with Gasteiger partial charge in [0.15, 0.2) is 0 Å². The average Bonchev–Trinajstić information content (AvgIpc) is 3.13. The molecule has 0 saturated heterocycles. The van der Waals surface area contributed by atoms with Crippen LogP contribution in [0.1, 0.15) is 101 Å². The molecule has 3 rings (SSSR count). The number of amides is 7. The Balaban J connectivity index is 1.81. The van der Waals surface area contributed by atoms with Crippen LogP contribution in [0.15, 0.2) is 72.8 Å². The molecule has 0 spiro atoms. The molecule has 18 heteroatoms. The third-order valence-corrected chi connectivity index (χ3v) is 8.46. The largest absolute Gasteiger partial charge is 0.444 e. The summed E-state index contributed by atoms with van der Waals surface area (Å²) in [6.45, 7) is 15.2. The molecule has 0 aromatic heterocycles. The van der Waals surface area contributed by atoms with Gasteiger partial charge in [0.1, 0.15) is 16.8 Å². The lowest BCUT2D eigenvalue weighted by atomic mass is 9.83. The number of hydrogen-bond donors (Lipinski definition) is 8. The molecule has 0 fully saturated rings. The summed E-state index contributed by atoms with van der Waals surface area (Å²) in [4.78, 5) is 90.4. The molecule has 63 heavy (non-hydrogen) atoms.